The molecule has 0 spiro atoms. The number of nitrogens with one attached hydrogen (secondary N) is 1. The van der Waals surface area contributed by atoms with Gasteiger partial charge in [-0.1, -0.05) is 24.3 Å². The van der Waals surface area contributed by atoms with Gasteiger partial charge in [0.05, 0.1) is 29.3 Å². The maximum absolute atomic E-state index is 12.8. The molecule has 0 aliphatic carbocycles. The molecule has 0 bridgehead atoms. The summed E-state index contributed by atoms with van der Waals surface area (Å²) in [5.41, 5.74) is 2.05. The Morgan fingerprint density at radius 2 is 1.59 bits per heavy atom. The highest BCUT2D eigenvalue weighted by Crippen LogP contribution is 2.33. The van der Waals surface area contributed by atoms with Crippen molar-refractivity contribution >= 4 is 5.91 Å². The number of amides is 1. The number of halogens is 3. The zero-order valence-corrected chi connectivity index (χ0v) is 20.6. The number of nitrogens with zero attached hydrogens (tertiary/aromatic N) is 2. The quantitative estimate of drug-likeness (QED) is 0.429. The highest BCUT2D eigenvalue weighted by Gasteiger charge is 2.32. The molecule has 4 rings (SSSR count). The van der Waals surface area contributed by atoms with Gasteiger partial charge in [0.1, 0.15) is 5.75 Å². The van der Waals surface area contributed by atoms with Gasteiger partial charge in [-0.05, 0) is 79.9 Å². The monoisotopic (exact) mass is 507 g/mol. The molecule has 1 saturated heterocycles. The Morgan fingerprint density at radius 3 is 2.14 bits per heavy atom. The highest BCUT2D eigenvalue weighted by atomic mass is 19.4. The van der Waals surface area contributed by atoms with Crippen molar-refractivity contribution in [3.05, 3.63) is 101 Å². The first-order chi connectivity index (χ1) is 17.6. The van der Waals surface area contributed by atoms with Crippen molar-refractivity contribution in [1.82, 2.24) is 10.2 Å². The van der Waals surface area contributed by atoms with Crippen LogP contribution < -0.4 is 10.1 Å². The molecule has 1 aliphatic rings. The van der Waals surface area contributed by atoms with E-state index in [-0.39, 0.29) is 23.8 Å². The lowest BCUT2D eigenvalue weighted by Gasteiger charge is -2.29. The van der Waals surface area contributed by atoms with Crippen LogP contribution in [0.15, 0.2) is 72.8 Å². The van der Waals surface area contributed by atoms with Gasteiger partial charge in [-0.15, -0.1) is 0 Å². The fourth-order valence-corrected chi connectivity index (χ4v) is 4.57. The van der Waals surface area contributed by atoms with Gasteiger partial charge in [-0.2, -0.15) is 18.4 Å². The van der Waals surface area contributed by atoms with E-state index in [0.29, 0.717) is 25.1 Å². The Labute approximate surface area is 214 Å². The molecule has 1 amide bonds. The first-order valence-electron chi connectivity index (χ1n) is 12.1. The second-order valence-corrected chi connectivity index (χ2v) is 9.40. The van der Waals surface area contributed by atoms with E-state index in [9.17, 15) is 23.2 Å². The number of alkyl halides is 3. The number of ether oxygens (including phenoxy) is 1. The molecule has 1 fully saturated rings. The van der Waals surface area contributed by atoms with Crippen LogP contribution >= 0.6 is 0 Å². The lowest BCUT2D eigenvalue weighted by atomic mass is 9.96. The predicted octanol–water partition coefficient (Wildman–Crippen LogP) is 5.96. The SMILES string of the molecule is CC(C)Oc1ccc([C@@H](c2ccc(C#N)cc2)N2CCC(NC(=O)c3ccc(C(F)(F)F)cc3)C2)cc1. The molecule has 1 N–H and O–H groups in total. The number of hydrogen-bond acceptors (Lipinski definition) is 4. The van der Waals surface area contributed by atoms with Crippen molar-refractivity contribution in [2.75, 3.05) is 13.1 Å². The Hall–Kier alpha value is -3.83. The normalized spacial score (nSPS) is 16.8. The van der Waals surface area contributed by atoms with Gasteiger partial charge in [-0.25, -0.2) is 0 Å². The number of benzene rings is 3. The van der Waals surface area contributed by atoms with Crippen LogP contribution in [-0.4, -0.2) is 36.0 Å². The second kappa shape index (κ2) is 11.1. The third-order valence-electron chi connectivity index (χ3n) is 6.32. The van der Waals surface area contributed by atoms with Crippen LogP contribution in [-0.2, 0) is 6.18 Å². The lowest BCUT2D eigenvalue weighted by molar-refractivity contribution is -0.137. The number of carbonyl (C=O) groups excluding carboxylic acids is 1. The zero-order chi connectivity index (χ0) is 26.6. The molecular weight excluding hydrogens is 479 g/mol. The maximum atomic E-state index is 12.8. The van der Waals surface area contributed by atoms with Gasteiger partial charge < -0.3 is 10.1 Å². The number of rotatable bonds is 7. The molecule has 1 unspecified atom stereocenters. The molecule has 2 atom stereocenters. The second-order valence-electron chi connectivity index (χ2n) is 9.40. The summed E-state index contributed by atoms with van der Waals surface area (Å²) in [5, 5.41) is 12.2. The fourth-order valence-electron chi connectivity index (χ4n) is 4.57. The van der Waals surface area contributed by atoms with E-state index in [1.165, 1.54) is 12.1 Å². The van der Waals surface area contributed by atoms with Crippen molar-refractivity contribution < 1.29 is 22.7 Å². The van der Waals surface area contributed by atoms with Gasteiger partial charge in [-0.3, -0.25) is 9.69 Å². The minimum absolute atomic E-state index is 0.0628. The van der Waals surface area contributed by atoms with Crippen LogP contribution in [0.4, 0.5) is 13.2 Å². The molecule has 0 radical (unpaired) electrons. The van der Waals surface area contributed by atoms with E-state index in [2.05, 4.69) is 16.3 Å². The van der Waals surface area contributed by atoms with Crippen LogP contribution in [0.1, 0.15) is 58.9 Å². The average molecular weight is 508 g/mol. The first kappa shape index (κ1) is 26.2. The van der Waals surface area contributed by atoms with Gasteiger partial charge in [0.2, 0.25) is 0 Å². The van der Waals surface area contributed by atoms with Crippen molar-refractivity contribution in [2.24, 2.45) is 0 Å². The smallest absolute Gasteiger partial charge is 0.416 e. The third kappa shape index (κ3) is 6.49. The Morgan fingerprint density at radius 1 is 1.00 bits per heavy atom. The Bertz CT molecular complexity index is 1250. The molecule has 0 saturated carbocycles. The van der Waals surface area contributed by atoms with E-state index >= 15 is 0 Å². The summed E-state index contributed by atoms with van der Waals surface area (Å²) in [6.07, 6.45) is -3.68. The minimum atomic E-state index is -4.44. The van der Waals surface area contributed by atoms with Gasteiger partial charge in [0.15, 0.2) is 0 Å². The molecule has 1 aliphatic heterocycles. The van der Waals surface area contributed by atoms with E-state index in [1.807, 2.05) is 50.2 Å². The van der Waals surface area contributed by atoms with E-state index in [4.69, 9.17) is 4.74 Å². The third-order valence-corrected chi connectivity index (χ3v) is 6.32. The molecule has 0 aromatic heterocycles. The van der Waals surface area contributed by atoms with Crippen molar-refractivity contribution in [2.45, 2.75) is 44.6 Å². The molecule has 5 nitrogen and oxygen atoms in total. The van der Waals surface area contributed by atoms with E-state index in [0.717, 1.165) is 29.0 Å². The lowest BCUT2D eigenvalue weighted by Crippen LogP contribution is -2.38. The topological polar surface area (TPSA) is 65.4 Å². The minimum Gasteiger partial charge on any atom is -0.491 e. The zero-order valence-electron chi connectivity index (χ0n) is 20.6. The largest absolute Gasteiger partial charge is 0.491 e. The Balaban J connectivity index is 1.50. The van der Waals surface area contributed by atoms with Gasteiger partial charge in [0, 0.05) is 24.7 Å². The van der Waals surface area contributed by atoms with E-state index in [1.54, 1.807) is 12.1 Å². The highest BCUT2D eigenvalue weighted by molar-refractivity contribution is 5.94. The van der Waals surface area contributed by atoms with Crippen LogP contribution in [0.25, 0.3) is 0 Å². The summed E-state index contributed by atoms with van der Waals surface area (Å²) in [6.45, 7) is 5.22. The molecule has 3 aromatic carbocycles. The van der Waals surface area contributed by atoms with Gasteiger partial charge >= 0.3 is 6.18 Å². The number of carbonyl (C=O) groups is 1. The van der Waals surface area contributed by atoms with Crippen LogP contribution in [0, 0.1) is 11.3 Å². The molecule has 192 valence electrons. The predicted molar refractivity (Wildman–Crippen MR) is 134 cm³/mol. The fraction of sp³-hybridized carbons (Fsp3) is 0.310. The van der Waals surface area contributed by atoms with Crippen molar-refractivity contribution in [3.8, 4) is 11.8 Å². The van der Waals surface area contributed by atoms with E-state index < -0.39 is 17.6 Å². The molecular formula is C29H28F3N3O2. The standard InChI is InChI=1S/C29H28F3N3O2/c1-19(2)37-26-13-9-22(10-14-26)27(21-5-3-20(17-33)4-6-21)35-16-15-25(18-35)34-28(36)23-7-11-24(12-8-23)29(30,31)32/h3-14,19,25,27H,15-16,18H2,1-2H3,(H,34,36)/t25?,27-/m1/s1. The summed E-state index contributed by atoms with van der Waals surface area (Å²) in [7, 11) is 0. The summed E-state index contributed by atoms with van der Waals surface area (Å²) >= 11 is 0. The van der Waals surface area contributed by atoms with Crippen LogP contribution in [0.2, 0.25) is 0 Å². The summed E-state index contributed by atoms with van der Waals surface area (Å²) in [4.78, 5) is 15.0. The Kier molecular flexibility index (Phi) is 7.84. The molecule has 3 aromatic rings. The number of nitriles is 1. The molecule has 37 heavy (non-hydrogen) atoms. The summed E-state index contributed by atoms with van der Waals surface area (Å²) in [6, 6.07) is 21.5. The van der Waals surface area contributed by atoms with Gasteiger partial charge in [0.25, 0.3) is 5.91 Å². The summed E-state index contributed by atoms with van der Waals surface area (Å²) in [5.74, 6) is 0.381. The number of hydrogen-bond donors (Lipinski definition) is 1. The van der Waals surface area contributed by atoms with Crippen molar-refractivity contribution in [3.63, 3.8) is 0 Å². The van der Waals surface area contributed by atoms with Crippen LogP contribution in [0.5, 0.6) is 5.75 Å². The molecule has 1 heterocycles. The van der Waals surface area contributed by atoms with Crippen LogP contribution in [0.3, 0.4) is 0 Å². The number of likely N-dealkylation sites (tertiary alicyclic amines) is 1. The maximum Gasteiger partial charge on any atom is 0.416 e. The average Bonchev–Trinajstić information content (AvgIpc) is 3.32. The summed E-state index contributed by atoms with van der Waals surface area (Å²) < 4.78 is 44.3. The van der Waals surface area contributed by atoms with Crippen molar-refractivity contribution in [1.29, 1.82) is 5.26 Å². The first-order valence-corrected chi connectivity index (χ1v) is 12.1. The molecule has 8 heteroatoms.